The topological polar surface area (TPSA) is 75.7 Å². The van der Waals surface area contributed by atoms with Gasteiger partial charge in [-0.2, -0.15) is 0 Å². The second kappa shape index (κ2) is 7.60. The van der Waals surface area contributed by atoms with Crippen molar-refractivity contribution in [3.05, 3.63) is 89.5 Å². The van der Waals surface area contributed by atoms with Crippen LogP contribution >= 0.6 is 0 Å². The van der Waals surface area contributed by atoms with Crippen LogP contribution < -0.4 is 15.0 Å². The normalized spacial score (nSPS) is 13.2. The van der Waals surface area contributed by atoms with E-state index < -0.39 is 29.8 Å². The van der Waals surface area contributed by atoms with Crippen LogP contribution in [-0.4, -0.2) is 24.1 Å². The van der Waals surface area contributed by atoms with Gasteiger partial charge in [-0.3, -0.25) is 14.4 Å². The molecule has 1 N–H and O–H groups in total. The minimum absolute atomic E-state index is 0.0378. The van der Waals surface area contributed by atoms with Gasteiger partial charge in [-0.25, -0.2) is 4.90 Å². The molecule has 0 fully saturated rings. The number of fused-ring (bicyclic) bond motifs is 1. The van der Waals surface area contributed by atoms with Crippen molar-refractivity contribution in [3.8, 4) is 5.75 Å². The number of nitrogens with one attached hydrogen (secondary N) is 1. The Morgan fingerprint density at radius 1 is 0.839 bits per heavy atom. The molecule has 0 aliphatic carbocycles. The van der Waals surface area contributed by atoms with Crippen LogP contribution in [0.25, 0.3) is 0 Å². The minimum Gasteiger partial charge on any atom is -0.404 e. The summed E-state index contributed by atoms with van der Waals surface area (Å²) >= 11 is 0. The van der Waals surface area contributed by atoms with Crippen molar-refractivity contribution in [1.29, 1.82) is 0 Å². The van der Waals surface area contributed by atoms with Gasteiger partial charge < -0.3 is 10.1 Å². The number of benzene rings is 3. The Hall–Kier alpha value is -4.14. The second-order valence-electron chi connectivity index (χ2n) is 6.54. The van der Waals surface area contributed by atoms with Crippen molar-refractivity contribution in [1.82, 2.24) is 0 Å². The summed E-state index contributed by atoms with van der Waals surface area (Å²) in [4.78, 5) is 38.9. The van der Waals surface area contributed by atoms with Gasteiger partial charge in [0.2, 0.25) is 0 Å². The molecule has 156 valence electrons. The van der Waals surface area contributed by atoms with Crippen molar-refractivity contribution in [2.75, 3.05) is 10.2 Å². The highest BCUT2D eigenvalue weighted by Gasteiger charge is 2.36. The van der Waals surface area contributed by atoms with Gasteiger partial charge in [0, 0.05) is 5.56 Å². The molecule has 6 nitrogen and oxygen atoms in total. The molecule has 0 bridgehead atoms. The molecule has 1 aliphatic heterocycles. The first-order chi connectivity index (χ1) is 14.7. The Labute approximate surface area is 173 Å². The maximum atomic E-state index is 12.6. The molecular weight excluding hydrogens is 413 g/mol. The molecule has 0 spiro atoms. The molecule has 0 unspecified atom stereocenters. The van der Waals surface area contributed by atoms with Crippen molar-refractivity contribution < 1.29 is 32.3 Å². The third-order valence-electron chi connectivity index (χ3n) is 4.52. The van der Waals surface area contributed by atoms with Gasteiger partial charge in [-0.1, -0.05) is 30.3 Å². The molecule has 0 radical (unpaired) electrons. The highest BCUT2D eigenvalue weighted by molar-refractivity contribution is 6.34. The van der Waals surface area contributed by atoms with Crippen molar-refractivity contribution >= 4 is 29.1 Å². The summed E-state index contributed by atoms with van der Waals surface area (Å²) < 4.78 is 41.7. The zero-order valence-electron chi connectivity index (χ0n) is 15.6. The smallest absolute Gasteiger partial charge is 0.404 e. The predicted molar refractivity (Wildman–Crippen MR) is 105 cm³/mol. The molecule has 1 aliphatic rings. The Morgan fingerprint density at radius 3 is 2.10 bits per heavy atom. The number of carbonyl (C=O) groups is 3. The summed E-state index contributed by atoms with van der Waals surface area (Å²) in [6, 6.07) is 17.1. The number of imide groups is 1. The van der Waals surface area contributed by atoms with Crippen molar-refractivity contribution in [3.63, 3.8) is 0 Å². The number of para-hydroxylation sites is 2. The molecule has 0 aromatic heterocycles. The van der Waals surface area contributed by atoms with Crippen molar-refractivity contribution in [2.24, 2.45) is 0 Å². The van der Waals surface area contributed by atoms with E-state index in [2.05, 4.69) is 10.1 Å². The van der Waals surface area contributed by atoms with E-state index in [1.165, 1.54) is 54.6 Å². The number of anilines is 2. The quantitative estimate of drug-likeness (QED) is 0.617. The number of hydrogen-bond acceptors (Lipinski definition) is 4. The fraction of sp³-hybridized carbons (Fsp3) is 0.0455. The zero-order valence-corrected chi connectivity index (χ0v) is 15.6. The monoisotopic (exact) mass is 426 g/mol. The molecule has 3 aromatic carbocycles. The lowest BCUT2D eigenvalue weighted by Crippen LogP contribution is -2.29. The molecule has 3 amide bonds. The van der Waals surface area contributed by atoms with Crippen LogP contribution in [0.2, 0.25) is 0 Å². The molecule has 1 heterocycles. The molecule has 4 rings (SSSR count). The summed E-state index contributed by atoms with van der Waals surface area (Å²) in [5.74, 6) is -2.36. The fourth-order valence-corrected chi connectivity index (χ4v) is 3.19. The molecule has 0 saturated heterocycles. The van der Waals surface area contributed by atoms with E-state index in [-0.39, 0.29) is 28.1 Å². The van der Waals surface area contributed by atoms with Gasteiger partial charge in [-0.15, -0.1) is 13.2 Å². The number of rotatable bonds is 4. The van der Waals surface area contributed by atoms with E-state index in [1.54, 1.807) is 12.1 Å². The molecule has 9 heteroatoms. The van der Waals surface area contributed by atoms with E-state index in [1.807, 2.05) is 0 Å². The summed E-state index contributed by atoms with van der Waals surface area (Å²) in [5.41, 5.74) is 0.520. The Kier molecular flexibility index (Phi) is 4.94. The SMILES string of the molecule is O=C(Nc1ccccc1OC(F)(F)F)c1cccc(N2C(=O)c3ccccc3C2=O)c1. The lowest BCUT2D eigenvalue weighted by Gasteiger charge is -2.16. The van der Waals surface area contributed by atoms with Crippen molar-refractivity contribution in [2.45, 2.75) is 6.36 Å². The first kappa shape index (κ1) is 20.1. The number of nitrogens with zero attached hydrogens (tertiary/aromatic N) is 1. The average molecular weight is 426 g/mol. The first-order valence-corrected chi connectivity index (χ1v) is 8.98. The number of ether oxygens (including phenoxy) is 1. The molecule has 3 aromatic rings. The fourth-order valence-electron chi connectivity index (χ4n) is 3.19. The largest absolute Gasteiger partial charge is 0.573 e. The van der Waals surface area contributed by atoms with Gasteiger partial charge in [0.25, 0.3) is 17.7 Å². The number of carbonyl (C=O) groups excluding carboxylic acids is 3. The van der Waals surface area contributed by atoms with Gasteiger partial charge in [0.1, 0.15) is 0 Å². The van der Waals surface area contributed by atoms with Crippen LogP contribution in [-0.2, 0) is 0 Å². The number of amides is 3. The van der Waals surface area contributed by atoms with Crippen LogP contribution in [0.4, 0.5) is 24.5 Å². The first-order valence-electron chi connectivity index (χ1n) is 8.98. The zero-order chi connectivity index (χ0) is 22.2. The van der Waals surface area contributed by atoms with Crippen LogP contribution in [0.1, 0.15) is 31.1 Å². The summed E-state index contributed by atoms with van der Waals surface area (Å²) in [7, 11) is 0. The number of alkyl halides is 3. The van der Waals surface area contributed by atoms with E-state index in [9.17, 15) is 27.6 Å². The molecule has 0 atom stereocenters. The molecule has 31 heavy (non-hydrogen) atoms. The summed E-state index contributed by atoms with van der Waals surface area (Å²) in [6.07, 6.45) is -4.92. The number of hydrogen-bond donors (Lipinski definition) is 1. The highest BCUT2D eigenvalue weighted by Crippen LogP contribution is 2.31. The Balaban J connectivity index is 1.60. The van der Waals surface area contributed by atoms with Crippen LogP contribution in [0.5, 0.6) is 5.75 Å². The average Bonchev–Trinajstić information content (AvgIpc) is 2.99. The number of halogens is 3. The van der Waals surface area contributed by atoms with Gasteiger partial charge in [-0.05, 0) is 42.5 Å². The third kappa shape index (κ3) is 3.97. The lowest BCUT2D eigenvalue weighted by molar-refractivity contribution is -0.274. The van der Waals surface area contributed by atoms with Crippen LogP contribution in [0.15, 0.2) is 72.8 Å². The molecular formula is C22H13F3N2O4. The van der Waals surface area contributed by atoms with Crippen LogP contribution in [0.3, 0.4) is 0 Å². The summed E-state index contributed by atoms with van der Waals surface area (Å²) in [5, 5.41) is 2.35. The van der Waals surface area contributed by atoms with Crippen LogP contribution in [0, 0.1) is 0 Å². The van der Waals surface area contributed by atoms with E-state index >= 15 is 0 Å². The highest BCUT2D eigenvalue weighted by atomic mass is 19.4. The Morgan fingerprint density at radius 2 is 1.45 bits per heavy atom. The predicted octanol–water partition coefficient (Wildman–Crippen LogP) is 4.64. The standard InChI is InChI=1S/C22H13F3N2O4/c23-22(24,25)31-18-11-4-3-10-17(18)26-19(28)13-6-5-7-14(12-13)27-20(29)15-8-1-2-9-16(15)21(27)30/h1-12H,(H,26,28). The maximum absolute atomic E-state index is 12.6. The van der Waals surface area contributed by atoms with E-state index in [0.29, 0.717) is 0 Å². The minimum atomic E-state index is -4.92. The lowest BCUT2D eigenvalue weighted by atomic mass is 10.1. The van der Waals surface area contributed by atoms with Gasteiger partial charge in [0.15, 0.2) is 5.75 Å². The van der Waals surface area contributed by atoms with E-state index in [0.717, 1.165) is 11.0 Å². The second-order valence-corrected chi connectivity index (χ2v) is 6.54. The maximum Gasteiger partial charge on any atom is 0.573 e. The molecule has 0 saturated carbocycles. The summed E-state index contributed by atoms with van der Waals surface area (Å²) in [6.45, 7) is 0. The van der Waals surface area contributed by atoms with E-state index in [4.69, 9.17) is 0 Å². The van der Waals surface area contributed by atoms with Gasteiger partial charge >= 0.3 is 6.36 Å². The Bertz CT molecular complexity index is 1170. The third-order valence-corrected chi connectivity index (χ3v) is 4.52. The van der Waals surface area contributed by atoms with Gasteiger partial charge in [0.05, 0.1) is 22.5 Å².